The first kappa shape index (κ1) is 17.6. The van der Waals surface area contributed by atoms with Gasteiger partial charge in [0.25, 0.3) is 0 Å². The second-order valence-electron chi connectivity index (χ2n) is 6.16. The molecular weight excluding hydrogens is 340 g/mol. The fourth-order valence-electron chi connectivity index (χ4n) is 3.34. The van der Waals surface area contributed by atoms with E-state index in [0.717, 1.165) is 47.9 Å². The average Bonchev–Trinajstić information content (AvgIpc) is 2.99. The minimum absolute atomic E-state index is 0. The van der Waals surface area contributed by atoms with Crippen LogP contribution in [0.25, 0.3) is 21.9 Å². The van der Waals surface area contributed by atoms with Gasteiger partial charge in [0.1, 0.15) is 16.9 Å². The van der Waals surface area contributed by atoms with Gasteiger partial charge in [0.15, 0.2) is 0 Å². The number of amides is 1. The number of benzene rings is 2. The third kappa shape index (κ3) is 3.30. The van der Waals surface area contributed by atoms with Crippen LogP contribution in [0.4, 0.5) is 5.69 Å². The van der Waals surface area contributed by atoms with Crippen molar-refractivity contribution in [2.24, 2.45) is 5.92 Å². The van der Waals surface area contributed by atoms with Crippen molar-refractivity contribution in [3.05, 3.63) is 36.4 Å². The summed E-state index contributed by atoms with van der Waals surface area (Å²) in [6.07, 6.45) is 1.72. The number of furan rings is 1. The Balaban J connectivity index is 0.00000182. The smallest absolute Gasteiger partial charge is 0.227 e. The van der Waals surface area contributed by atoms with Gasteiger partial charge in [-0.25, -0.2) is 0 Å². The lowest BCUT2D eigenvalue weighted by molar-refractivity contribution is -0.120. The van der Waals surface area contributed by atoms with E-state index in [9.17, 15) is 4.79 Å². The molecule has 132 valence electrons. The van der Waals surface area contributed by atoms with Gasteiger partial charge in [0.05, 0.1) is 12.8 Å². The Morgan fingerprint density at radius 1 is 1.16 bits per heavy atom. The molecule has 2 N–H and O–H groups in total. The summed E-state index contributed by atoms with van der Waals surface area (Å²) >= 11 is 0. The van der Waals surface area contributed by atoms with Crippen LogP contribution in [0.3, 0.4) is 0 Å². The highest BCUT2D eigenvalue weighted by molar-refractivity contribution is 6.07. The molecule has 5 nitrogen and oxygen atoms in total. The maximum Gasteiger partial charge on any atom is 0.227 e. The van der Waals surface area contributed by atoms with Gasteiger partial charge in [-0.1, -0.05) is 18.2 Å². The summed E-state index contributed by atoms with van der Waals surface area (Å²) in [6, 6.07) is 11.7. The van der Waals surface area contributed by atoms with Crippen LogP contribution >= 0.6 is 12.4 Å². The first-order valence-electron chi connectivity index (χ1n) is 8.27. The zero-order valence-electron chi connectivity index (χ0n) is 14.0. The van der Waals surface area contributed by atoms with Crippen molar-refractivity contribution in [2.45, 2.75) is 12.8 Å². The van der Waals surface area contributed by atoms with E-state index in [1.807, 2.05) is 36.4 Å². The van der Waals surface area contributed by atoms with Crippen molar-refractivity contribution in [3.8, 4) is 5.75 Å². The van der Waals surface area contributed by atoms with E-state index in [2.05, 4.69) is 10.6 Å². The van der Waals surface area contributed by atoms with E-state index in [4.69, 9.17) is 9.15 Å². The maximum atomic E-state index is 12.5. The van der Waals surface area contributed by atoms with E-state index < -0.39 is 0 Å². The number of methoxy groups -OCH3 is 1. The molecule has 1 fully saturated rings. The number of anilines is 1. The van der Waals surface area contributed by atoms with E-state index in [-0.39, 0.29) is 24.2 Å². The highest BCUT2D eigenvalue weighted by Gasteiger charge is 2.22. The predicted octanol–water partition coefficient (Wildman–Crippen LogP) is 3.95. The number of piperidine rings is 1. The maximum absolute atomic E-state index is 12.5. The Morgan fingerprint density at radius 3 is 2.68 bits per heavy atom. The lowest BCUT2D eigenvalue weighted by Crippen LogP contribution is -2.34. The number of hydrogen-bond acceptors (Lipinski definition) is 4. The summed E-state index contributed by atoms with van der Waals surface area (Å²) in [4.78, 5) is 12.5. The molecule has 25 heavy (non-hydrogen) atoms. The Kier molecular flexibility index (Phi) is 5.16. The Hall–Kier alpha value is -2.24. The molecule has 1 aromatic heterocycles. The fourth-order valence-corrected chi connectivity index (χ4v) is 3.34. The molecule has 1 aliphatic rings. The molecule has 1 amide bonds. The first-order chi connectivity index (χ1) is 11.8. The van der Waals surface area contributed by atoms with Crippen LogP contribution in [0.2, 0.25) is 0 Å². The molecule has 1 saturated heterocycles. The van der Waals surface area contributed by atoms with Gasteiger partial charge in [-0.2, -0.15) is 0 Å². The van der Waals surface area contributed by atoms with Crippen molar-refractivity contribution in [1.82, 2.24) is 5.32 Å². The molecule has 0 bridgehead atoms. The Labute approximate surface area is 152 Å². The van der Waals surface area contributed by atoms with Gasteiger partial charge >= 0.3 is 0 Å². The second-order valence-corrected chi connectivity index (χ2v) is 6.16. The molecule has 0 saturated carbocycles. The fraction of sp³-hybridized carbons (Fsp3) is 0.316. The topological polar surface area (TPSA) is 63.5 Å². The molecule has 2 aromatic carbocycles. The van der Waals surface area contributed by atoms with Gasteiger partial charge in [-0.15, -0.1) is 12.4 Å². The summed E-state index contributed by atoms with van der Waals surface area (Å²) in [7, 11) is 1.61. The van der Waals surface area contributed by atoms with E-state index in [1.54, 1.807) is 7.11 Å². The zero-order chi connectivity index (χ0) is 16.5. The van der Waals surface area contributed by atoms with Crippen molar-refractivity contribution < 1.29 is 13.9 Å². The van der Waals surface area contributed by atoms with Crippen LogP contribution < -0.4 is 15.4 Å². The predicted molar refractivity (Wildman–Crippen MR) is 102 cm³/mol. The van der Waals surface area contributed by atoms with Crippen molar-refractivity contribution in [1.29, 1.82) is 0 Å². The minimum Gasteiger partial charge on any atom is -0.495 e. The first-order valence-corrected chi connectivity index (χ1v) is 8.27. The summed E-state index contributed by atoms with van der Waals surface area (Å²) < 4.78 is 11.4. The molecule has 0 atom stereocenters. The number of hydrogen-bond donors (Lipinski definition) is 2. The normalized spacial score (nSPS) is 15.1. The number of nitrogens with one attached hydrogen (secondary N) is 2. The lowest BCUT2D eigenvalue weighted by atomic mass is 9.97. The van der Waals surface area contributed by atoms with Crippen LogP contribution in [0, 0.1) is 5.92 Å². The quantitative estimate of drug-likeness (QED) is 0.742. The van der Waals surface area contributed by atoms with Gasteiger partial charge in [0, 0.05) is 22.8 Å². The monoisotopic (exact) mass is 360 g/mol. The van der Waals surface area contributed by atoms with Crippen LogP contribution in [0.1, 0.15) is 12.8 Å². The Morgan fingerprint density at radius 2 is 1.92 bits per heavy atom. The molecule has 2 heterocycles. The van der Waals surface area contributed by atoms with Gasteiger partial charge in [0.2, 0.25) is 5.91 Å². The molecular formula is C19H21ClN2O3. The Bertz CT molecular complexity index is 900. The highest BCUT2D eigenvalue weighted by Crippen LogP contribution is 2.36. The number of rotatable bonds is 3. The highest BCUT2D eigenvalue weighted by atomic mass is 35.5. The van der Waals surface area contributed by atoms with Gasteiger partial charge < -0.3 is 19.8 Å². The molecule has 0 unspecified atom stereocenters. The third-order valence-electron chi connectivity index (χ3n) is 4.67. The zero-order valence-corrected chi connectivity index (χ0v) is 14.8. The molecule has 1 aliphatic heterocycles. The van der Waals surface area contributed by atoms with Gasteiger partial charge in [-0.3, -0.25) is 4.79 Å². The SMILES string of the molecule is COc1cc2c(cc1NC(=O)C1CCNCC1)oc1ccccc12.Cl. The summed E-state index contributed by atoms with van der Waals surface area (Å²) in [6.45, 7) is 1.77. The molecule has 4 rings (SSSR count). The standard InChI is InChI=1S/C19H20N2O3.ClH/c1-23-18-10-14-13-4-2-3-5-16(13)24-17(14)11-15(18)21-19(22)12-6-8-20-9-7-12;/h2-5,10-12,20H,6-9H2,1H3,(H,21,22);1H. The number of halogens is 1. The van der Waals surface area contributed by atoms with E-state index in [1.165, 1.54) is 0 Å². The average molecular weight is 361 g/mol. The van der Waals surface area contributed by atoms with E-state index >= 15 is 0 Å². The second kappa shape index (κ2) is 7.33. The van der Waals surface area contributed by atoms with Crippen molar-refractivity contribution in [2.75, 3.05) is 25.5 Å². The van der Waals surface area contributed by atoms with Crippen LogP contribution in [-0.2, 0) is 4.79 Å². The van der Waals surface area contributed by atoms with Crippen molar-refractivity contribution in [3.63, 3.8) is 0 Å². The number of para-hydroxylation sites is 1. The molecule has 0 spiro atoms. The largest absolute Gasteiger partial charge is 0.495 e. The van der Waals surface area contributed by atoms with E-state index in [0.29, 0.717) is 11.4 Å². The third-order valence-corrected chi connectivity index (χ3v) is 4.67. The molecule has 6 heteroatoms. The minimum atomic E-state index is 0. The number of carbonyl (C=O) groups excluding carboxylic acids is 1. The summed E-state index contributed by atoms with van der Waals surface area (Å²) in [5.41, 5.74) is 2.24. The number of fused-ring (bicyclic) bond motifs is 3. The van der Waals surface area contributed by atoms with Crippen LogP contribution in [-0.4, -0.2) is 26.1 Å². The van der Waals surface area contributed by atoms with Crippen molar-refractivity contribution >= 4 is 45.9 Å². The van der Waals surface area contributed by atoms with Crippen LogP contribution in [0.5, 0.6) is 5.75 Å². The molecule has 0 aliphatic carbocycles. The number of ether oxygens (including phenoxy) is 1. The molecule has 0 radical (unpaired) electrons. The summed E-state index contributed by atoms with van der Waals surface area (Å²) in [5, 5.41) is 8.32. The molecule has 3 aromatic rings. The summed E-state index contributed by atoms with van der Waals surface area (Å²) in [5.74, 6) is 0.740. The number of carbonyl (C=O) groups is 1. The van der Waals surface area contributed by atoms with Gasteiger partial charge in [-0.05, 0) is 38.1 Å². The lowest BCUT2D eigenvalue weighted by Gasteiger charge is -2.22. The van der Waals surface area contributed by atoms with Crippen LogP contribution in [0.15, 0.2) is 40.8 Å².